The lowest BCUT2D eigenvalue weighted by molar-refractivity contribution is -0.118. The van der Waals surface area contributed by atoms with Crippen molar-refractivity contribution in [2.24, 2.45) is 0 Å². The van der Waals surface area contributed by atoms with Gasteiger partial charge in [-0.25, -0.2) is 0 Å². The molecule has 3 aromatic rings. The minimum atomic E-state index is -0.281. The van der Waals surface area contributed by atoms with E-state index in [4.69, 9.17) is 33.3 Å². The van der Waals surface area contributed by atoms with Gasteiger partial charge in [0.2, 0.25) is 0 Å². The fourth-order valence-corrected chi connectivity index (χ4v) is 5.32. The average Bonchev–Trinajstić information content (AvgIpc) is 3.11. The van der Waals surface area contributed by atoms with Crippen molar-refractivity contribution in [1.82, 2.24) is 0 Å². The van der Waals surface area contributed by atoms with Crippen molar-refractivity contribution in [3.8, 4) is 11.5 Å². The van der Waals surface area contributed by atoms with Crippen molar-refractivity contribution < 1.29 is 19.1 Å². The Bertz CT molecular complexity index is 1420. The third kappa shape index (κ3) is 6.33. The normalized spacial score (nSPS) is 14.3. The zero-order valence-electron chi connectivity index (χ0n) is 20.8. The molecule has 1 heterocycles. The second-order valence-corrected chi connectivity index (χ2v) is 10.7. The summed E-state index contributed by atoms with van der Waals surface area (Å²) in [5.41, 5.74) is 5.12. The molecule has 1 aliphatic heterocycles. The highest BCUT2D eigenvalue weighted by Crippen LogP contribution is 2.38. The monoisotopic (exact) mass is 552 g/mol. The summed E-state index contributed by atoms with van der Waals surface area (Å²) in [5, 5.41) is 3.41. The molecule has 0 radical (unpaired) electrons. The lowest BCUT2D eigenvalue weighted by Crippen LogP contribution is -2.27. The van der Waals surface area contributed by atoms with Gasteiger partial charge in [0.25, 0.3) is 11.8 Å². The summed E-state index contributed by atoms with van der Waals surface area (Å²) in [5.74, 6) is 0.346. The number of aryl methyl sites for hydroxylation is 3. The van der Waals surface area contributed by atoms with Crippen LogP contribution in [0.5, 0.6) is 11.5 Å². The molecule has 0 bridgehead atoms. The summed E-state index contributed by atoms with van der Waals surface area (Å²) in [6.07, 6.45) is 1.74. The highest BCUT2D eigenvalue weighted by atomic mass is 35.5. The van der Waals surface area contributed by atoms with Gasteiger partial charge in [-0.3, -0.25) is 14.5 Å². The molecule has 37 heavy (non-hydrogen) atoms. The van der Waals surface area contributed by atoms with Crippen LogP contribution in [0.15, 0.2) is 59.5 Å². The molecule has 1 N–H and O–H groups in total. The van der Waals surface area contributed by atoms with Crippen LogP contribution < -0.4 is 19.7 Å². The third-order valence-electron chi connectivity index (χ3n) is 5.56. The highest BCUT2D eigenvalue weighted by Gasteiger charge is 2.33. The van der Waals surface area contributed by atoms with Crippen LogP contribution in [0.3, 0.4) is 0 Å². The number of carbonyl (C=O) groups is 2. The Morgan fingerprint density at radius 2 is 1.78 bits per heavy atom. The summed E-state index contributed by atoms with van der Waals surface area (Å²) in [6, 6.07) is 16.5. The van der Waals surface area contributed by atoms with Crippen LogP contribution in [-0.2, 0) is 9.59 Å². The first-order valence-electron chi connectivity index (χ1n) is 11.4. The fourth-order valence-electron chi connectivity index (χ4n) is 3.84. The lowest BCUT2D eigenvalue weighted by Gasteiger charge is -2.15. The molecule has 0 spiro atoms. The maximum atomic E-state index is 13.1. The maximum Gasteiger partial charge on any atom is 0.270 e. The van der Waals surface area contributed by atoms with Gasteiger partial charge in [0.05, 0.1) is 17.7 Å². The van der Waals surface area contributed by atoms with E-state index in [-0.39, 0.29) is 18.4 Å². The summed E-state index contributed by atoms with van der Waals surface area (Å²) in [7, 11) is 1.52. The zero-order valence-corrected chi connectivity index (χ0v) is 23.1. The van der Waals surface area contributed by atoms with Gasteiger partial charge < -0.3 is 14.8 Å². The topological polar surface area (TPSA) is 67.9 Å². The van der Waals surface area contributed by atoms with E-state index >= 15 is 0 Å². The van der Waals surface area contributed by atoms with Crippen molar-refractivity contribution in [2.45, 2.75) is 20.8 Å². The number of benzene rings is 3. The number of thiocarbonyl (C=S) groups is 1. The molecule has 4 rings (SSSR count). The van der Waals surface area contributed by atoms with E-state index in [1.165, 1.54) is 23.8 Å². The Morgan fingerprint density at radius 1 is 1.05 bits per heavy atom. The predicted molar refractivity (Wildman–Crippen MR) is 155 cm³/mol. The van der Waals surface area contributed by atoms with E-state index in [0.29, 0.717) is 31.4 Å². The number of carbonyl (C=O) groups excluding carboxylic acids is 2. The second kappa shape index (κ2) is 11.4. The number of nitrogens with one attached hydrogen (secondary N) is 1. The van der Waals surface area contributed by atoms with Crippen LogP contribution >= 0.6 is 35.6 Å². The van der Waals surface area contributed by atoms with Crippen LogP contribution in [0.2, 0.25) is 5.02 Å². The Hall–Kier alpha value is -3.33. The Balaban J connectivity index is 1.46. The number of ether oxygens (including phenoxy) is 2. The molecule has 1 aliphatic rings. The van der Waals surface area contributed by atoms with Crippen molar-refractivity contribution >= 4 is 69.2 Å². The molecule has 0 aliphatic carbocycles. The number of methoxy groups -OCH3 is 1. The standard InChI is InChI=1S/C28H25ClN2O4S2/c1-16-9-17(2)11-20(10-16)30-26(32)15-35-23-8-6-19(12-24(23)34-4)13-25-27(33)31(28(36)37-25)21-7-5-18(3)22(29)14-21/h5-14H,15H2,1-4H3,(H,30,32)/b25-13-. The first-order valence-corrected chi connectivity index (χ1v) is 13.0. The molecule has 0 unspecified atom stereocenters. The number of hydrogen-bond acceptors (Lipinski definition) is 6. The molecule has 9 heteroatoms. The van der Waals surface area contributed by atoms with Crippen molar-refractivity contribution in [2.75, 3.05) is 23.9 Å². The van der Waals surface area contributed by atoms with Crippen LogP contribution in [0.1, 0.15) is 22.3 Å². The van der Waals surface area contributed by atoms with Crippen LogP contribution in [0, 0.1) is 20.8 Å². The van der Waals surface area contributed by atoms with Crippen LogP contribution in [0.25, 0.3) is 6.08 Å². The quantitative estimate of drug-likeness (QED) is 0.260. The summed E-state index contributed by atoms with van der Waals surface area (Å²) < 4.78 is 11.6. The minimum absolute atomic E-state index is 0.180. The molecule has 1 saturated heterocycles. The molecule has 190 valence electrons. The molecule has 0 aromatic heterocycles. The molecular formula is C28H25ClN2O4S2. The van der Waals surface area contributed by atoms with Gasteiger partial charge >= 0.3 is 0 Å². The van der Waals surface area contributed by atoms with Gasteiger partial charge in [-0.2, -0.15) is 0 Å². The summed E-state index contributed by atoms with van der Waals surface area (Å²) >= 11 is 12.9. The second-order valence-electron chi connectivity index (χ2n) is 8.57. The Morgan fingerprint density at radius 3 is 2.46 bits per heavy atom. The summed E-state index contributed by atoms with van der Waals surface area (Å²) in [6.45, 7) is 5.67. The molecule has 2 amide bonds. The Labute approximate surface area is 230 Å². The van der Waals surface area contributed by atoms with Crippen LogP contribution in [0.4, 0.5) is 11.4 Å². The Kier molecular flexibility index (Phi) is 8.22. The predicted octanol–water partition coefficient (Wildman–Crippen LogP) is 6.70. The number of amides is 2. The third-order valence-corrected chi connectivity index (χ3v) is 7.27. The van der Waals surface area contributed by atoms with E-state index in [0.717, 1.165) is 27.9 Å². The number of hydrogen-bond donors (Lipinski definition) is 1. The smallest absolute Gasteiger partial charge is 0.270 e. The number of thioether (sulfide) groups is 1. The number of anilines is 2. The zero-order chi connectivity index (χ0) is 26.7. The van der Waals surface area contributed by atoms with Gasteiger partial charge in [-0.05, 0) is 85.5 Å². The number of nitrogens with zero attached hydrogens (tertiary/aromatic N) is 1. The first kappa shape index (κ1) is 26.7. The van der Waals surface area contributed by atoms with E-state index in [1.54, 1.807) is 30.3 Å². The summed E-state index contributed by atoms with van der Waals surface area (Å²) in [4.78, 5) is 27.5. The van der Waals surface area contributed by atoms with E-state index in [2.05, 4.69) is 5.32 Å². The number of halogens is 1. The molecule has 1 fully saturated rings. The molecular weight excluding hydrogens is 528 g/mol. The molecule has 3 aromatic carbocycles. The van der Waals surface area contributed by atoms with Gasteiger partial charge in [-0.1, -0.05) is 53.8 Å². The van der Waals surface area contributed by atoms with Gasteiger partial charge in [0, 0.05) is 10.7 Å². The molecule has 6 nitrogen and oxygen atoms in total. The van der Waals surface area contributed by atoms with E-state index in [1.807, 2.05) is 51.1 Å². The first-order chi connectivity index (χ1) is 17.6. The molecule has 0 atom stereocenters. The van der Waals surface area contributed by atoms with Crippen molar-refractivity contribution in [3.05, 3.63) is 86.8 Å². The number of rotatable bonds is 7. The fraction of sp³-hybridized carbons (Fsp3) is 0.179. The van der Waals surface area contributed by atoms with Gasteiger partial charge in [0.15, 0.2) is 22.4 Å². The lowest BCUT2D eigenvalue weighted by atomic mass is 10.1. The molecule has 0 saturated carbocycles. The van der Waals surface area contributed by atoms with Gasteiger partial charge in [0.1, 0.15) is 0 Å². The highest BCUT2D eigenvalue weighted by molar-refractivity contribution is 8.27. The largest absolute Gasteiger partial charge is 0.493 e. The van der Waals surface area contributed by atoms with Crippen molar-refractivity contribution in [3.63, 3.8) is 0 Å². The van der Waals surface area contributed by atoms with E-state index in [9.17, 15) is 9.59 Å². The van der Waals surface area contributed by atoms with Gasteiger partial charge in [-0.15, -0.1) is 0 Å². The van der Waals surface area contributed by atoms with Crippen LogP contribution in [-0.4, -0.2) is 29.9 Å². The SMILES string of the molecule is COc1cc(/C=C2\SC(=S)N(c3ccc(C)c(Cl)c3)C2=O)ccc1OCC(=O)Nc1cc(C)cc(C)c1. The maximum absolute atomic E-state index is 13.1. The minimum Gasteiger partial charge on any atom is -0.493 e. The average molecular weight is 553 g/mol. The van der Waals surface area contributed by atoms with E-state index < -0.39 is 0 Å². The van der Waals surface area contributed by atoms with Crippen molar-refractivity contribution in [1.29, 1.82) is 0 Å².